The van der Waals surface area contributed by atoms with E-state index in [4.69, 9.17) is 13.6 Å². The first-order valence-electron chi connectivity index (χ1n) is 15.5. The molecule has 0 saturated heterocycles. The van der Waals surface area contributed by atoms with Gasteiger partial charge in [-0.25, -0.2) is 0 Å². The third kappa shape index (κ3) is 5.83. The summed E-state index contributed by atoms with van der Waals surface area (Å²) in [4.78, 5) is 12.0. The summed E-state index contributed by atoms with van der Waals surface area (Å²) < 4.78 is 19.4. The van der Waals surface area contributed by atoms with Crippen LogP contribution < -0.4 is 0 Å². The summed E-state index contributed by atoms with van der Waals surface area (Å²) in [7, 11) is -1.89. The minimum atomic E-state index is -1.74. The predicted octanol–water partition coefficient (Wildman–Crippen LogP) is 8.28. The molecule has 0 aliphatic heterocycles. The molecule has 0 aromatic carbocycles. The summed E-state index contributed by atoms with van der Waals surface area (Å²) in [6.45, 7) is 22.0. The summed E-state index contributed by atoms with van der Waals surface area (Å²) in [5.74, 6) is 3.82. The fraction of sp³-hybridized carbons (Fsp3) is 0.968. The Morgan fingerprint density at radius 2 is 1.59 bits per heavy atom. The standard InChI is InChI=1S/C31H58O4Si2/c1-21(14-17-28(32)33-4)23-15-16-24-29-25(20-27(31(23,24)3)35-37(8,9)10)30(2)18-12-11-13-22(30)19-26(29)34-36(5,6)7/h21-27,29H,11-20H2,1-10H3/t21-,22+,23-,24+,25+,26-,27+,29+,30+,31-/m1/s1. The molecule has 0 aromatic rings. The number of carbonyl (C=O) groups excluding carboxylic acids is 1. The van der Waals surface area contributed by atoms with E-state index in [1.807, 2.05) is 0 Å². The normalized spacial score (nSPS) is 42.9. The molecular formula is C31H58O4Si2. The molecule has 0 bridgehead atoms. The molecule has 0 unspecified atom stereocenters. The maximum absolute atomic E-state index is 12.0. The molecule has 37 heavy (non-hydrogen) atoms. The summed E-state index contributed by atoms with van der Waals surface area (Å²) in [5.41, 5.74) is 0.578. The van der Waals surface area contributed by atoms with E-state index in [0.29, 0.717) is 53.6 Å². The van der Waals surface area contributed by atoms with Crippen LogP contribution in [0.5, 0.6) is 0 Å². The molecule has 4 aliphatic rings. The lowest BCUT2D eigenvalue weighted by molar-refractivity contribution is -0.193. The number of rotatable bonds is 8. The summed E-state index contributed by atoms with van der Waals surface area (Å²) in [5, 5.41) is 0. The second kappa shape index (κ2) is 10.7. The van der Waals surface area contributed by atoms with E-state index in [0.717, 1.165) is 12.3 Å². The van der Waals surface area contributed by atoms with Crippen molar-refractivity contribution in [2.24, 2.45) is 46.3 Å². The van der Waals surface area contributed by atoms with E-state index >= 15 is 0 Å². The van der Waals surface area contributed by atoms with Crippen LogP contribution in [-0.2, 0) is 18.4 Å². The van der Waals surface area contributed by atoms with Crippen LogP contribution in [-0.4, -0.2) is 41.9 Å². The third-order valence-electron chi connectivity index (χ3n) is 11.4. The van der Waals surface area contributed by atoms with Gasteiger partial charge in [0.15, 0.2) is 16.6 Å². The van der Waals surface area contributed by atoms with Gasteiger partial charge in [-0.1, -0.05) is 33.6 Å². The molecule has 4 fully saturated rings. The molecule has 4 nitrogen and oxygen atoms in total. The van der Waals surface area contributed by atoms with Gasteiger partial charge in [-0.05, 0) is 131 Å². The zero-order chi connectivity index (χ0) is 27.4. The average molecular weight is 551 g/mol. The molecule has 0 amide bonds. The Morgan fingerprint density at radius 1 is 0.919 bits per heavy atom. The Balaban J connectivity index is 1.74. The van der Waals surface area contributed by atoms with Crippen LogP contribution in [0.25, 0.3) is 0 Å². The number of fused-ring (bicyclic) bond motifs is 5. The monoisotopic (exact) mass is 550 g/mol. The van der Waals surface area contributed by atoms with Gasteiger partial charge < -0.3 is 13.6 Å². The van der Waals surface area contributed by atoms with Crippen molar-refractivity contribution in [3.8, 4) is 0 Å². The Morgan fingerprint density at radius 3 is 2.22 bits per heavy atom. The highest BCUT2D eigenvalue weighted by Crippen LogP contribution is 2.69. The Hall–Kier alpha value is -0.176. The van der Waals surface area contributed by atoms with Gasteiger partial charge >= 0.3 is 5.97 Å². The lowest BCUT2D eigenvalue weighted by Crippen LogP contribution is -2.64. The van der Waals surface area contributed by atoms with Gasteiger partial charge in [-0.15, -0.1) is 0 Å². The van der Waals surface area contributed by atoms with Crippen molar-refractivity contribution in [2.45, 2.75) is 136 Å². The fourth-order valence-corrected chi connectivity index (χ4v) is 12.3. The second-order valence-corrected chi connectivity index (χ2v) is 24.8. The average Bonchev–Trinajstić information content (AvgIpc) is 3.14. The quantitative estimate of drug-likeness (QED) is 0.225. The maximum atomic E-state index is 12.0. The number of esters is 1. The molecule has 0 spiro atoms. The first-order valence-corrected chi connectivity index (χ1v) is 22.3. The minimum Gasteiger partial charge on any atom is -0.469 e. The molecule has 0 aromatic heterocycles. The van der Waals surface area contributed by atoms with Gasteiger partial charge in [0, 0.05) is 12.5 Å². The number of carbonyl (C=O) groups is 1. The molecule has 0 heterocycles. The van der Waals surface area contributed by atoms with Gasteiger partial charge in [0.25, 0.3) is 0 Å². The SMILES string of the molecule is COC(=O)CC[C@@H](C)[C@H]1CC[C@H]2[C@@H]3[C@H](O[Si](C)(C)C)C[C@@H]4CCCC[C@]4(C)[C@H]3C[C@H](O[Si](C)(C)C)[C@]12C. The largest absolute Gasteiger partial charge is 0.469 e. The highest BCUT2D eigenvalue weighted by atomic mass is 28.4. The molecule has 4 saturated carbocycles. The molecule has 0 radical (unpaired) electrons. The molecule has 214 valence electrons. The second-order valence-electron chi connectivity index (χ2n) is 15.8. The minimum absolute atomic E-state index is 0.0719. The van der Waals surface area contributed by atoms with Crippen LogP contribution in [0.3, 0.4) is 0 Å². The topological polar surface area (TPSA) is 44.8 Å². The third-order valence-corrected chi connectivity index (χ3v) is 13.4. The Bertz CT molecular complexity index is 819. The van der Waals surface area contributed by atoms with Gasteiger partial charge in [0.05, 0.1) is 13.2 Å². The van der Waals surface area contributed by atoms with Crippen LogP contribution in [0, 0.1) is 46.3 Å². The molecule has 4 aliphatic carbocycles. The number of methoxy groups -OCH3 is 1. The highest BCUT2D eigenvalue weighted by molar-refractivity contribution is 6.70. The smallest absolute Gasteiger partial charge is 0.305 e. The molecule has 6 heteroatoms. The first kappa shape index (κ1) is 29.8. The summed E-state index contributed by atoms with van der Waals surface area (Å²) >= 11 is 0. The van der Waals surface area contributed by atoms with E-state index in [2.05, 4.69) is 60.1 Å². The summed E-state index contributed by atoms with van der Waals surface area (Å²) in [6, 6.07) is 0. The van der Waals surface area contributed by atoms with Crippen molar-refractivity contribution in [2.75, 3.05) is 7.11 Å². The first-order chi connectivity index (χ1) is 17.1. The van der Waals surface area contributed by atoms with Gasteiger partial charge in [0.1, 0.15) is 0 Å². The molecular weight excluding hydrogens is 493 g/mol. The zero-order valence-corrected chi connectivity index (χ0v) is 27.8. The number of ether oxygens (including phenoxy) is 1. The predicted molar refractivity (Wildman–Crippen MR) is 157 cm³/mol. The van der Waals surface area contributed by atoms with E-state index in [9.17, 15) is 4.79 Å². The fourth-order valence-electron chi connectivity index (χ4n) is 9.96. The number of hydrogen-bond acceptors (Lipinski definition) is 4. The van der Waals surface area contributed by atoms with E-state index in [1.54, 1.807) is 0 Å². The van der Waals surface area contributed by atoms with E-state index in [-0.39, 0.29) is 11.4 Å². The van der Waals surface area contributed by atoms with Crippen molar-refractivity contribution in [3.63, 3.8) is 0 Å². The van der Waals surface area contributed by atoms with Gasteiger partial charge in [-0.3, -0.25) is 4.79 Å². The molecule has 0 N–H and O–H groups in total. The van der Waals surface area contributed by atoms with Crippen molar-refractivity contribution in [1.29, 1.82) is 0 Å². The van der Waals surface area contributed by atoms with Crippen molar-refractivity contribution in [1.82, 2.24) is 0 Å². The lowest BCUT2D eigenvalue weighted by Gasteiger charge is -2.65. The molecule has 10 atom stereocenters. The number of hydrogen-bond donors (Lipinski definition) is 0. The van der Waals surface area contributed by atoms with E-state index in [1.165, 1.54) is 58.5 Å². The van der Waals surface area contributed by atoms with Gasteiger partial charge in [-0.2, -0.15) is 0 Å². The zero-order valence-electron chi connectivity index (χ0n) is 25.8. The van der Waals surface area contributed by atoms with Crippen LogP contribution in [0.2, 0.25) is 39.3 Å². The highest BCUT2D eigenvalue weighted by Gasteiger charge is 2.66. The lowest BCUT2D eigenvalue weighted by atomic mass is 9.43. The molecule has 4 rings (SSSR count). The van der Waals surface area contributed by atoms with Crippen LogP contribution in [0.15, 0.2) is 0 Å². The summed E-state index contributed by atoms with van der Waals surface area (Å²) in [6.07, 6.45) is 12.8. The van der Waals surface area contributed by atoms with Crippen LogP contribution in [0.4, 0.5) is 0 Å². The Kier molecular flexibility index (Phi) is 8.59. The maximum Gasteiger partial charge on any atom is 0.305 e. The van der Waals surface area contributed by atoms with Crippen LogP contribution >= 0.6 is 0 Å². The van der Waals surface area contributed by atoms with E-state index < -0.39 is 16.6 Å². The van der Waals surface area contributed by atoms with Crippen LogP contribution in [0.1, 0.15) is 85.0 Å². The van der Waals surface area contributed by atoms with Crippen molar-refractivity contribution in [3.05, 3.63) is 0 Å². The van der Waals surface area contributed by atoms with Gasteiger partial charge in [0.2, 0.25) is 0 Å². The van der Waals surface area contributed by atoms with Crippen molar-refractivity contribution < 1.29 is 18.4 Å². The Labute approximate surface area is 230 Å². The van der Waals surface area contributed by atoms with Crippen molar-refractivity contribution >= 4 is 22.6 Å².